The van der Waals surface area contributed by atoms with Crippen molar-refractivity contribution in [1.82, 2.24) is 31.9 Å². The van der Waals surface area contributed by atoms with Gasteiger partial charge in [0.25, 0.3) is 0 Å². The van der Waals surface area contributed by atoms with Gasteiger partial charge in [0.1, 0.15) is 12.1 Å². The van der Waals surface area contributed by atoms with Gasteiger partial charge in [0.05, 0.1) is 19.0 Å². The number of carbonyl (C=O) groups is 7. The highest BCUT2D eigenvalue weighted by Crippen LogP contribution is 2.10. The molecular weight excluding hydrogens is 694 g/mol. The highest BCUT2D eigenvalue weighted by Gasteiger charge is 2.28. The van der Waals surface area contributed by atoms with Crippen LogP contribution in [0.4, 0.5) is 0 Å². The van der Waals surface area contributed by atoms with E-state index in [4.69, 9.17) is 10.8 Å². The van der Waals surface area contributed by atoms with Crippen molar-refractivity contribution in [2.45, 2.75) is 138 Å². The van der Waals surface area contributed by atoms with E-state index in [2.05, 4.69) is 45.7 Å². The Kier molecular flexibility index (Phi) is 24.8. The maximum atomic E-state index is 13.1. The molecule has 0 heterocycles. The molecule has 3 unspecified atom stereocenters. The Labute approximate surface area is 321 Å². The minimum atomic E-state index is -1.01. The number of aliphatic carboxylic acids is 1. The van der Waals surface area contributed by atoms with Crippen molar-refractivity contribution in [3.05, 3.63) is 35.4 Å². The largest absolute Gasteiger partial charge is 0.481 e. The van der Waals surface area contributed by atoms with Crippen LogP contribution in [0, 0.1) is 17.8 Å². The van der Waals surface area contributed by atoms with E-state index in [1.165, 1.54) is 6.42 Å². The summed E-state index contributed by atoms with van der Waals surface area (Å²) >= 11 is 0. The smallest absolute Gasteiger partial charge is 0.303 e. The number of carboxylic acid groups (broad SMARTS) is 1. The van der Waals surface area contributed by atoms with Crippen molar-refractivity contribution in [3.63, 3.8) is 0 Å². The number of benzene rings is 1. The SMILES string of the molecule is CCC.CC[C@H](C)C(NC(=O)CCCC(=O)O)C(=O)NCC(=O)NC(CN[C@@H](C)C(=O)NC(C(=O)NCc1ccc(CC(N)=O)cc1)C(C)C)CC(C)C. The summed E-state index contributed by atoms with van der Waals surface area (Å²) in [7, 11) is 0. The number of primary amides is 1. The van der Waals surface area contributed by atoms with Gasteiger partial charge in [-0.2, -0.15) is 0 Å². The summed E-state index contributed by atoms with van der Waals surface area (Å²) in [4.78, 5) is 86.2. The van der Waals surface area contributed by atoms with E-state index in [-0.39, 0.29) is 80.9 Å². The summed E-state index contributed by atoms with van der Waals surface area (Å²) < 4.78 is 0. The monoisotopic (exact) mass is 762 g/mol. The van der Waals surface area contributed by atoms with Gasteiger partial charge < -0.3 is 42.7 Å². The second-order valence-corrected chi connectivity index (χ2v) is 14.5. The molecule has 0 aromatic heterocycles. The molecule has 1 aromatic rings. The Bertz CT molecular complexity index is 1340. The fourth-order valence-electron chi connectivity index (χ4n) is 5.17. The molecule has 0 saturated carbocycles. The lowest BCUT2D eigenvalue weighted by atomic mass is 9.98. The molecule has 0 aliphatic carbocycles. The van der Waals surface area contributed by atoms with E-state index in [0.717, 1.165) is 11.1 Å². The predicted octanol–water partition coefficient (Wildman–Crippen LogP) is 2.30. The lowest BCUT2D eigenvalue weighted by Gasteiger charge is -2.26. The van der Waals surface area contributed by atoms with Gasteiger partial charge in [0.15, 0.2) is 0 Å². The summed E-state index contributed by atoms with van der Waals surface area (Å²) in [6.45, 7) is 17.4. The van der Waals surface area contributed by atoms with Crippen LogP contribution in [-0.2, 0) is 46.5 Å². The molecule has 0 fully saturated rings. The van der Waals surface area contributed by atoms with Gasteiger partial charge in [0.2, 0.25) is 35.4 Å². The van der Waals surface area contributed by atoms with Crippen LogP contribution in [0.5, 0.6) is 0 Å². The molecule has 0 aliphatic rings. The highest BCUT2D eigenvalue weighted by molar-refractivity contribution is 5.91. The van der Waals surface area contributed by atoms with Gasteiger partial charge in [-0.15, -0.1) is 0 Å². The number of hydrogen-bond donors (Lipinski definition) is 8. The molecule has 9 N–H and O–H groups in total. The van der Waals surface area contributed by atoms with Crippen LogP contribution >= 0.6 is 0 Å². The molecule has 54 heavy (non-hydrogen) atoms. The van der Waals surface area contributed by atoms with E-state index in [0.29, 0.717) is 12.8 Å². The summed E-state index contributed by atoms with van der Waals surface area (Å²) in [5.74, 6) is -3.78. The number of carbonyl (C=O) groups excluding carboxylic acids is 6. The normalized spacial score (nSPS) is 13.6. The molecule has 0 saturated heterocycles. The fourth-order valence-corrected chi connectivity index (χ4v) is 5.17. The van der Waals surface area contributed by atoms with Crippen LogP contribution in [0.1, 0.15) is 112 Å². The Morgan fingerprint density at radius 3 is 1.81 bits per heavy atom. The quantitative estimate of drug-likeness (QED) is 0.0771. The van der Waals surface area contributed by atoms with Gasteiger partial charge in [-0.05, 0) is 48.6 Å². The van der Waals surface area contributed by atoms with E-state index in [1.807, 2.05) is 34.6 Å². The van der Waals surface area contributed by atoms with Crippen LogP contribution in [0.15, 0.2) is 24.3 Å². The third-order valence-electron chi connectivity index (χ3n) is 8.33. The molecule has 306 valence electrons. The van der Waals surface area contributed by atoms with Crippen molar-refractivity contribution in [2.75, 3.05) is 13.1 Å². The number of nitrogens with two attached hydrogens (primary N) is 1. The van der Waals surface area contributed by atoms with Gasteiger partial charge in [0, 0.05) is 32.0 Å². The number of amides is 6. The van der Waals surface area contributed by atoms with Crippen LogP contribution in [0.25, 0.3) is 0 Å². The molecule has 0 spiro atoms. The van der Waals surface area contributed by atoms with E-state index < -0.39 is 47.7 Å². The third-order valence-corrected chi connectivity index (χ3v) is 8.33. The fraction of sp³-hybridized carbons (Fsp3) is 0.667. The van der Waals surface area contributed by atoms with Crippen molar-refractivity contribution in [2.24, 2.45) is 23.5 Å². The van der Waals surface area contributed by atoms with Crippen molar-refractivity contribution < 1.29 is 38.7 Å². The average molecular weight is 762 g/mol. The molecule has 1 rings (SSSR count). The summed E-state index contributed by atoms with van der Waals surface area (Å²) in [6, 6.07) is 4.40. The van der Waals surface area contributed by atoms with Gasteiger partial charge in [-0.3, -0.25) is 33.6 Å². The zero-order valence-electron chi connectivity index (χ0n) is 33.8. The second-order valence-electron chi connectivity index (χ2n) is 14.5. The molecular formula is C39H67N7O8. The van der Waals surface area contributed by atoms with Gasteiger partial charge >= 0.3 is 5.97 Å². The minimum absolute atomic E-state index is 0.0324. The maximum absolute atomic E-state index is 13.1. The average Bonchev–Trinajstić information content (AvgIpc) is 3.09. The van der Waals surface area contributed by atoms with E-state index in [1.54, 1.807) is 38.1 Å². The van der Waals surface area contributed by atoms with Crippen molar-refractivity contribution in [1.29, 1.82) is 0 Å². The first-order valence-corrected chi connectivity index (χ1v) is 19.1. The Morgan fingerprint density at radius 1 is 0.722 bits per heavy atom. The molecule has 15 nitrogen and oxygen atoms in total. The number of carboxylic acids is 1. The van der Waals surface area contributed by atoms with Gasteiger partial charge in [-0.1, -0.05) is 92.5 Å². The van der Waals surface area contributed by atoms with Crippen LogP contribution in [0.2, 0.25) is 0 Å². The lowest BCUT2D eigenvalue weighted by Crippen LogP contribution is -2.56. The topological polar surface area (TPSA) is 238 Å². The Morgan fingerprint density at radius 2 is 1.30 bits per heavy atom. The summed E-state index contributed by atoms with van der Waals surface area (Å²) in [5, 5.41) is 25.8. The molecule has 0 bridgehead atoms. The van der Waals surface area contributed by atoms with Crippen LogP contribution in [0.3, 0.4) is 0 Å². The first-order chi connectivity index (χ1) is 25.3. The first-order valence-electron chi connectivity index (χ1n) is 19.1. The number of hydrogen-bond acceptors (Lipinski definition) is 8. The lowest BCUT2D eigenvalue weighted by molar-refractivity contribution is -0.137. The van der Waals surface area contributed by atoms with E-state index in [9.17, 15) is 33.6 Å². The first kappa shape index (κ1) is 49.5. The predicted molar refractivity (Wildman–Crippen MR) is 209 cm³/mol. The van der Waals surface area contributed by atoms with E-state index >= 15 is 0 Å². The van der Waals surface area contributed by atoms with Crippen molar-refractivity contribution >= 4 is 41.4 Å². The zero-order chi connectivity index (χ0) is 41.4. The Balaban J connectivity index is 0.00000903. The zero-order valence-corrected chi connectivity index (χ0v) is 33.8. The molecule has 5 atom stereocenters. The van der Waals surface area contributed by atoms with Gasteiger partial charge in [-0.25, -0.2) is 0 Å². The third kappa shape index (κ3) is 21.9. The molecule has 6 amide bonds. The Hall–Kier alpha value is -4.53. The maximum Gasteiger partial charge on any atom is 0.303 e. The molecule has 0 radical (unpaired) electrons. The van der Waals surface area contributed by atoms with Crippen molar-refractivity contribution in [3.8, 4) is 0 Å². The minimum Gasteiger partial charge on any atom is -0.481 e. The molecule has 1 aromatic carbocycles. The molecule has 0 aliphatic heterocycles. The standard InChI is InChI=1S/C36H59N7O8.C3H8/c1-8-23(6)33(42-29(45)10-9-11-31(47)48)36(51)40-20-30(46)41-27(16-21(2)3)19-38-24(7)34(49)43-32(22(4)5)35(50)39-18-26-14-12-25(13-15-26)17-28(37)44;1-3-2/h12-15,21-24,27,32-33,38H,8-11,16-20H2,1-7H3,(H2,37,44)(H,39,50)(H,40,51)(H,41,46)(H,42,45)(H,43,49)(H,47,48);3H2,1-2H3/t23-,24-,27?,32?,33?;/m0./s1. The summed E-state index contributed by atoms with van der Waals surface area (Å²) in [5.41, 5.74) is 6.83. The number of rotatable bonds is 24. The number of nitrogens with one attached hydrogen (secondary N) is 6. The molecule has 15 heteroatoms. The van der Waals surface area contributed by atoms with Crippen LogP contribution in [-0.4, -0.2) is 83.8 Å². The highest BCUT2D eigenvalue weighted by atomic mass is 16.4. The second kappa shape index (κ2) is 27.1. The summed E-state index contributed by atoms with van der Waals surface area (Å²) in [6.07, 6.45) is 2.52. The van der Waals surface area contributed by atoms with Crippen LogP contribution < -0.4 is 37.6 Å².